The van der Waals surface area contributed by atoms with Gasteiger partial charge in [0.15, 0.2) is 0 Å². The van der Waals surface area contributed by atoms with Gasteiger partial charge in [-0.3, -0.25) is 0 Å². The second kappa shape index (κ2) is 24.3. The van der Waals surface area contributed by atoms with Gasteiger partial charge < -0.3 is 6.92 Å². The molecule has 0 atom stereocenters. The van der Waals surface area contributed by atoms with Crippen LogP contribution in [-0.2, 0) is 19.1 Å². The summed E-state index contributed by atoms with van der Waals surface area (Å²) >= 11 is -1.44. The molecule has 0 aliphatic carbocycles. The van der Waals surface area contributed by atoms with Gasteiger partial charge in [0.2, 0.25) is 0 Å². The summed E-state index contributed by atoms with van der Waals surface area (Å²) in [5.41, 5.74) is 0. The van der Waals surface area contributed by atoms with Crippen molar-refractivity contribution in [1.82, 2.24) is 0 Å². The van der Waals surface area contributed by atoms with Crippen LogP contribution < -0.4 is 4.19 Å². The molecule has 0 saturated heterocycles. The van der Waals surface area contributed by atoms with Crippen molar-refractivity contribution < 1.29 is 23.2 Å². The van der Waals surface area contributed by atoms with Crippen LogP contribution in [0.3, 0.4) is 0 Å². The van der Waals surface area contributed by atoms with E-state index >= 15 is 0 Å². The molecule has 0 unspecified atom stereocenters. The molecule has 0 heterocycles. The molecule has 0 saturated carbocycles. The Morgan fingerprint density at radius 3 is 1.20 bits per heavy atom. The number of unbranched alkanes of at least 4 members (excludes halogenated alkanes) is 14. The van der Waals surface area contributed by atoms with E-state index in [1.54, 1.807) is 0 Å². The molecule has 3 heteroatoms. The normalized spacial score (nSPS) is 10.2. The van der Waals surface area contributed by atoms with Crippen molar-refractivity contribution in [3.05, 3.63) is 6.92 Å². The minimum atomic E-state index is -1.44. The minimum absolute atomic E-state index is 1.12. The quantitative estimate of drug-likeness (QED) is 0.244. The first-order valence-electron chi connectivity index (χ1n) is 8.52. The van der Waals surface area contributed by atoms with Crippen molar-refractivity contribution in [1.29, 1.82) is 0 Å². The van der Waals surface area contributed by atoms with Crippen LogP contribution in [0.25, 0.3) is 0 Å². The van der Waals surface area contributed by atoms with Gasteiger partial charge in [-0.15, -0.1) is 0 Å². The summed E-state index contributed by atoms with van der Waals surface area (Å²) in [6, 6.07) is 0. The predicted molar refractivity (Wildman–Crippen MR) is 81.0 cm³/mol. The van der Waals surface area contributed by atoms with Gasteiger partial charge in [-0.2, -0.15) is 6.42 Å². The third-order valence-electron chi connectivity index (χ3n) is 3.60. The van der Waals surface area contributed by atoms with Crippen LogP contribution in [-0.4, -0.2) is 0 Å². The third-order valence-corrected chi connectivity index (χ3v) is 3.60. The molecular weight excluding hydrogens is 291 g/mol. The zero-order valence-electron chi connectivity index (χ0n) is 13.5. The molecule has 0 spiro atoms. The van der Waals surface area contributed by atoms with Gasteiger partial charge in [-0.05, 0) is 0 Å². The topological polar surface area (TPSA) is 40.1 Å². The number of hydrogen-bond donors (Lipinski definition) is 0. The average Bonchev–Trinajstić information content (AvgIpc) is 2.45. The van der Waals surface area contributed by atoms with Crippen molar-refractivity contribution in [2.75, 3.05) is 0 Å². The molecule has 20 heavy (non-hydrogen) atoms. The van der Waals surface area contributed by atoms with E-state index in [4.69, 9.17) is 8.02 Å². The molecule has 0 N–H and O–H groups in total. The molecule has 0 aliphatic heterocycles. The van der Waals surface area contributed by atoms with Gasteiger partial charge in [0, 0.05) is 0 Å². The van der Waals surface area contributed by atoms with Crippen LogP contribution in [0.5, 0.6) is 0 Å². The van der Waals surface area contributed by atoms with E-state index in [0.717, 1.165) is 6.42 Å². The van der Waals surface area contributed by atoms with Gasteiger partial charge in [-0.1, -0.05) is 96.8 Å². The van der Waals surface area contributed by atoms with Crippen LogP contribution in [0.1, 0.15) is 103 Å². The Morgan fingerprint density at radius 2 is 0.950 bits per heavy atom. The summed E-state index contributed by atoms with van der Waals surface area (Å²) in [4.78, 5) is 0. The Bertz CT molecular complexity index is 149. The maximum absolute atomic E-state index is 8.41. The van der Waals surface area contributed by atoms with Gasteiger partial charge in [0.1, 0.15) is 0 Å². The van der Waals surface area contributed by atoms with Crippen molar-refractivity contribution >= 4 is 0 Å². The van der Waals surface area contributed by atoms with E-state index in [2.05, 4.69) is 13.8 Å². The van der Waals surface area contributed by atoms with Crippen molar-refractivity contribution in [2.45, 2.75) is 103 Å². The molecule has 0 bridgehead atoms. The van der Waals surface area contributed by atoms with E-state index in [-0.39, 0.29) is 0 Å². The zero-order valence-corrected chi connectivity index (χ0v) is 14.7. The molecule has 124 valence electrons. The second-order valence-corrected chi connectivity index (χ2v) is 5.71. The standard InChI is InChI=1S/C17H35.Mn.2O/c1-3-5-7-9-11-13-15-17-16-14-12-10-8-6-4-2;;;/h1,3-17H2,2H3;;;/q-1;;;-1. The van der Waals surface area contributed by atoms with Gasteiger partial charge in [-0.25, -0.2) is 0 Å². The Morgan fingerprint density at radius 1 is 0.700 bits per heavy atom. The van der Waals surface area contributed by atoms with E-state index < -0.39 is 15.2 Å². The average molecular weight is 326 g/mol. The summed E-state index contributed by atoms with van der Waals surface area (Å²) in [6.45, 7) is 6.17. The van der Waals surface area contributed by atoms with Crippen molar-refractivity contribution in [2.24, 2.45) is 0 Å². The fraction of sp³-hybridized carbons (Fsp3) is 0.941. The summed E-state index contributed by atoms with van der Waals surface area (Å²) in [5, 5.41) is 0. The van der Waals surface area contributed by atoms with E-state index in [1.165, 1.54) is 89.9 Å². The molecule has 0 aromatic heterocycles. The SMILES string of the molecule is [CH2-]CCCCCCCCCCCCCCCC.[O]=[Mn][O-]. The molecule has 2 nitrogen and oxygen atoms in total. The predicted octanol–water partition coefficient (Wildman–Crippen LogP) is 5.38. The van der Waals surface area contributed by atoms with Gasteiger partial charge in [0.25, 0.3) is 0 Å². The number of hydrogen-bond acceptors (Lipinski definition) is 2. The Balaban J connectivity index is 0. The van der Waals surface area contributed by atoms with Crippen molar-refractivity contribution in [3.63, 3.8) is 0 Å². The Labute approximate surface area is 133 Å². The molecule has 0 radical (unpaired) electrons. The van der Waals surface area contributed by atoms with Crippen LogP contribution in [0.2, 0.25) is 0 Å². The zero-order chi connectivity index (χ0) is 15.3. The van der Waals surface area contributed by atoms with Crippen LogP contribution >= 0.6 is 0 Å². The van der Waals surface area contributed by atoms with Crippen LogP contribution in [0.4, 0.5) is 0 Å². The molecule has 0 aromatic carbocycles. The van der Waals surface area contributed by atoms with Gasteiger partial charge in [0.05, 0.1) is 0 Å². The molecule has 0 fully saturated rings. The maximum atomic E-state index is 8.41. The van der Waals surface area contributed by atoms with Crippen LogP contribution in [0, 0.1) is 6.92 Å². The molecule has 0 aromatic rings. The van der Waals surface area contributed by atoms with E-state index in [1.807, 2.05) is 0 Å². The molecule has 0 amide bonds. The van der Waals surface area contributed by atoms with Gasteiger partial charge >= 0.3 is 23.2 Å². The third kappa shape index (κ3) is 26.8. The fourth-order valence-corrected chi connectivity index (χ4v) is 2.37. The monoisotopic (exact) mass is 326 g/mol. The Hall–Kier alpha value is 0.279. The summed E-state index contributed by atoms with van der Waals surface area (Å²) < 4.78 is 16.8. The molecule has 0 aliphatic rings. The fourth-order valence-electron chi connectivity index (χ4n) is 2.37. The van der Waals surface area contributed by atoms with E-state index in [9.17, 15) is 0 Å². The van der Waals surface area contributed by atoms with Crippen LogP contribution in [0.15, 0.2) is 0 Å². The summed E-state index contributed by atoms with van der Waals surface area (Å²) in [6.07, 6.45) is 21.3. The molecule has 0 rings (SSSR count). The summed E-state index contributed by atoms with van der Waals surface area (Å²) in [7, 11) is 0. The molecular formula is C17H35MnO2-2. The first kappa shape index (κ1) is 22.6. The Kier molecular flexibility index (Phi) is 27.4. The summed E-state index contributed by atoms with van der Waals surface area (Å²) in [5.74, 6) is 0. The van der Waals surface area contributed by atoms with E-state index in [0.29, 0.717) is 0 Å². The second-order valence-electron chi connectivity index (χ2n) is 5.51. The first-order valence-corrected chi connectivity index (χ1v) is 9.48. The first-order chi connectivity index (χ1) is 9.83. The van der Waals surface area contributed by atoms with Crippen molar-refractivity contribution in [3.8, 4) is 0 Å². The number of rotatable bonds is 14.